The molecule has 1 fully saturated rings. The molecule has 6 nitrogen and oxygen atoms in total. The van der Waals surface area contributed by atoms with Crippen LogP contribution in [0, 0.1) is 0 Å². The van der Waals surface area contributed by atoms with Gasteiger partial charge in [0.25, 0.3) is 0 Å². The third-order valence-electron chi connectivity index (χ3n) is 5.33. The van der Waals surface area contributed by atoms with E-state index < -0.39 is 47.9 Å². The van der Waals surface area contributed by atoms with Gasteiger partial charge >= 0.3 is 0 Å². The molecule has 154 valence electrons. The highest BCUT2D eigenvalue weighted by Crippen LogP contribution is 2.36. The van der Waals surface area contributed by atoms with Crippen molar-refractivity contribution in [2.45, 2.75) is 41.8 Å². The zero-order chi connectivity index (χ0) is 20.7. The molecule has 2 aromatic rings. The van der Waals surface area contributed by atoms with Crippen molar-refractivity contribution in [3.05, 3.63) is 69.1 Å². The number of benzene rings is 2. The van der Waals surface area contributed by atoms with E-state index in [-0.39, 0.29) is 0 Å². The van der Waals surface area contributed by atoms with E-state index >= 15 is 0 Å². The number of aliphatic hydroxyl groups is 4. The van der Waals surface area contributed by atoms with Crippen molar-refractivity contribution in [2.75, 3.05) is 6.61 Å². The van der Waals surface area contributed by atoms with Crippen molar-refractivity contribution in [1.82, 2.24) is 0 Å². The number of aliphatic hydroxyl groups excluding tert-OH is 4. The minimum Gasteiger partial charge on any atom is -0.394 e. The molecule has 0 aliphatic carbocycles. The summed E-state index contributed by atoms with van der Waals surface area (Å²) in [6.45, 7) is -0.494. The van der Waals surface area contributed by atoms with E-state index in [0.717, 1.165) is 15.4 Å². The first-order chi connectivity index (χ1) is 13.9. The summed E-state index contributed by atoms with van der Waals surface area (Å²) in [5.74, 6) is 0. The smallest absolute Gasteiger partial charge is 0.113 e. The molecule has 0 amide bonds. The van der Waals surface area contributed by atoms with Gasteiger partial charge in [0.2, 0.25) is 0 Å². The van der Waals surface area contributed by atoms with Crippen LogP contribution in [-0.2, 0) is 22.0 Å². The van der Waals surface area contributed by atoms with E-state index in [2.05, 4.69) is 0 Å². The molecule has 2 aliphatic heterocycles. The molecule has 4 rings (SSSR count). The van der Waals surface area contributed by atoms with Crippen molar-refractivity contribution in [3.63, 3.8) is 0 Å². The summed E-state index contributed by atoms with van der Waals surface area (Å²) in [6.07, 6.45) is -3.93. The fourth-order valence-corrected chi connectivity index (χ4v) is 5.26. The molecule has 0 saturated carbocycles. The van der Waals surface area contributed by atoms with Crippen molar-refractivity contribution in [2.24, 2.45) is 0 Å². The molecule has 2 heterocycles. The average molecular weight is 437 g/mol. The van der Waals surface area contributed by atoms with E-state index in [4.69, 9.17) is 16.3 Å². The predicted octanol–water partition coefficient (Wildman–Crippen LogP) is 1.56. The van der Waals surface area contributed by atoms with E-state index in [1.807, 2.05) is 30.3 Å². The third kappa shape index (κ3) is 3.80. The summed E-state index contributed by atoms with van der Waals surface area (Å²) in [7, 11) is -1.26. The van der Waals surface area contributed by atoms with Crippen LogP contribution in [0.4, 0.5) is 0 Å². The van der Waals surface area contributed by atoms with Gasteiger partial charge in [0.15, 0.2) is 0 Å². The molecule has 29 heavy (non-hydrogen) atoms. The Morgan fingerprint density at radius 2 is 1.79 bits per heavy atom. The Kier molecular flexibility index (Phi) is 5.90. The lowest BCUT2D eigenvalue weighted by Crippen LogP contribution is -2.55. The zero-order valence-corrected chi connectivity index (χ0v) is 16.9. The number of rotatable bonds is 4. The van der Waals surface area contributed by atoms with Crippen molar-refractivity contribution in [1.29, 1.82) is 0 Å². The summed E-state index contributed by atoms with van der Waals surface area (Å²) in [5, 5.41) is 40.3. The lowest BCUT2D eigenvalue weighted by Gasteiger charge is -2.40. The van der Waals surface area contributed by atoms with Crippen LogP contribution in [0.5, 0.6) is 0 Å². The first-order valence-corrected chi connectivity index (χ1v) is 10.7. The highest BCUT2D eigenvalue weighted by atomic mass is 35.5. The van der Waals surface area contributed by atoms with Crippen LogP contribution in [0.25, 0.3) is 6.08 Å². The van der Waals surface area contributed by atoms with Crippen LogP contribution in [-0.4, -0.2) is 55.7 Å². The fourth-order valence-electron chi connectivity index (χ4n) is 3.73. The number of allylic oxidation sites excluding steroid dienone is 1. The summed E-state index contributed by atoms with van der Waals surface area (Å²) < 4.78 is 18.4. The first kappa shape index (κ1) is 20.7. The lowest BCUT2D eigenvalue weighted by atomic mass is 9.90. The molecule has 0 aromatic heterocycles. The summed E-state index contributed by atoms with van der Waals surface area (Å²) in [5.41, 5.74) is 2.17. The second kappa shape index (κ2) is 8.28. The maximum atomic E-state index is 12.8. The molecule has 0 radical (unpaired) electrons. The van der Waals surface area contributed by atoms with Crippen molar-refractivity contribution >= 4 is 28.5 Å². The highest BCUT2D eigenvalue weighted by Gasteiger charge is 2.44. The van der Waals surface area contributed by atoms with Crippen LogP contribution >= 0.6 is 11.6 Å². The molecule has 0 bridgehead atoms. The van der Waals surface area contributed by atoms with Gasteiger partial charge < -0.3 is 25.2 Å². The van der Waals surface area contributed by atoms with Crippen molar-refractivity contribution < 1.29 is 29.4 Å². The fraction of sp³-hybridized carbons (Fsp3) is 0.333. The number of hydrogen-bond donors (Lipinski definition) is 4. The predicted molar refractivity (Wildman–Crippen MR) is 109 cm³/mol. The Bertz CT molecular complexity index is 975. The second-order valence-corrected chi connectivity index (χ2v) is 9.10. The second-order valence-electron chi connectivity index (χ2n) is 7.19. The van der Waals surface area contributed by atoms with Crippen LogP contribution in [0.3, 0.4) is 0 Å². The molecule has 2 aliphatic rings. The maximum Gasteiger partial charge on any atom is 0.113 e. The number of hydrogen-bond acceptors (Lipinski definition) is 6. The molecular weight excluding hydrogens is 416 g/mol. The minimum absolute atomic E-state index is 0.353. The quantitative estimate of drug-likeness (QED) is 0.579. The maximum absolute atomic E-state index is 12.8. The van der Waals surface area contributed by atoms with E-state index in [9.17, 15) is 24.6 Å². The number of fused-ring (bicyclic) bond motifs is 1. The highest BCUT2D eigenvalue weighted by molar-refractivity contribution is 7.89. The minimum atomic E-state index is -1.45. The van der Waals surface area contributed by atoms with Gasteiger partial charge in [0.1, 0.15) is 30.5 Å². The van der Waals surface area contributed by atoms with Crippen LogP contribution in [0.1, 0.15) is 22.8 Å². The van der Waals surface area contributed by atoms with E-state index in [0.29, 0.717) is 22.6 Å². The van der Waals surface area contributed by atoms with E-state index in [1.165, 1.54) is 0 Å². The van der Waals surface area contributed by atoms with Crippen molar-refractivity contribution in [3.8, 4) is 0 Å². The van der Waals surface area contributed by atoms with Gasteiger partial charge in [0.05, 0.1) is 22.3 Å². The standard InChI is InChI=1S/C21H21ClO6S/c22-15-6-5-12(21-20(26)19(25)18(24)16(10-23)28-21)7-13(15)9-14-8-11-3-1-2-4-17(11)29(14)27/h1-8,16,18-21,23-26H,9-10H2/t16?,18?,19?,20-,21?,29?/m1/s1. The summed E-state index contributed by atoms with van der Waals surface area (Å²) in [6, 6.07) is 12.5. The largest absolute Gasteiger partial charge is 0.394 e. The number of ether oxygens (including phenoxy) is 1. The first-order valence-electron chi connectivity index (χ1n) is 9.21. The Morgan fingerprint density at radius 1 is 1.03 bits per heavy atom. The Morgan fingerprint density at radius 3 is 2.52 bits per heavy atom. The SMILES string of the molecule is O=S1C(Cc2cc(C3OC(CO)C(O)C(O)[C@H]3O)ccc2Cl)=Cc2ccccc21. The van der Waals surface area contributed by atoms with Crippen LogP contribution < -0.4 is 0 Å². The zero-order valence-electron chi connectivity index (χ0n) is 15.3. The normalized spacial score (nSPS) is 31.4. The van der Waals surface area contributed by atoms with Crippen LogP contribution in [0.2, 0.25) is 5.02 Å². The van der Waals surface area contributed by atoms with Crippen LogP contribution in [0.15, 0.2) is 52.3 Å². The van der Waals surface area contributed by atoms with E-state index in [1.54, 1.807) is 18.2 Å². The van der Waals surface area contributed by atoms with Gasteiger partial charge in [-0.2, -0.15) is 0 Å². The molecule has 6 atom stereocenters. The lowest BCUT2D eigenvalue weighted by molar-refractivity contribution is -0.231. The molecule has 5 unspecified atom stereocenters. The molecule has 8 heteroatoms. The summed E-state index contributed by atoms with van der Waals surface area (Å²) in [4.78, 5) is 1.49. The van der Waals surface area contributed by atoms with Gasteiger partial charge in [-0.1, -0.05) is 41.9 Å². The Hall–Kier alpha value is -1.58. The number of halogens is 1. The van der Waals surface area contributed by atoms with Gasteiger partial charge in [-0.3, -0.25) is 0 Å². The third-order valence-corrected chi connectivity index (χ3v) is 7.21. The monoisotopic (exact) mass is 436 g/mol. The molecule has 2 aromatic carbocycles. The summed E-state index contributed by atoms with van der Waals surface area (Å²) >= 11 is 6.36. The topological polar surface area (TPSA) is 107 Å². The Balaban J connectivity index is 1.61. The molecule has 4 N–H and O–H groups in total. The molecule has 1 saturated heterocycles. The van der Waals surface area contributed by atoms with Gasteiger partial charge in [0, 0.05) is 16.3 Å². The average Bonchev–Trinajstić information content (AvgIpc) is 3.04. The molecular formula is C21H21ClO6S. The Labute approximate surface area is 175 Å². The molecule has 0 spiro atoms. The van der Waals surface area contributed by atoms with Gasteiger partial charge in [-0.05, 0) is 34.9 Å². The van der Waals surface area contributed by atoms with Gasteiger partial charge in [-0.25, -0.2) is 4.21 Å². The van der Waals surface area contributed by atoms with Gasteiger partial charge in [-0.15, -0.1) is 0 Å².